The second-order valence-corrected chi connectivity index (χ2v) is 10.8. The zero-order chi connectivity index (χ0) is 26.1. The molecule has 2 heterocycles. The fraction of sp³-hybridized carbons (Fsp3) is 0.417. The van der Waals surface area contributed by atoms with E-state index in [1.807, 2.05) is 4.90 Å². The molecule has 12 heteroatoms. The number of amides is 2. The molecule has 0 radical (unpaired) electrons. The van der Waals surface area contributed by atoms with Crippen LogP contribution in [0.1, 0.15) is 28.8 Å². The molecule has 2 fully saturated rings. The van der Waals surface area contributed by atoms with E-state index in [1.165, 1.54) is 48.5 Å². The number of primary sulfonamides is 1. The lowest BCUT2D eigenvalue weighted by atomic mass is 9.84. The Bertz CT molecular complexity index is 1200. The van der Waals surface area contributed by atoms with Gasteiger partial charge in [-0.25, -0.2) is 13.6 Å². The molecule has 2 aromatic rings. The first-order valence-corrected chi connectivity index (χ1v) is 13.0. The van der Waals surface area contributed by atoms with Crippen molar-refractivity contribution in [2.75, 3.05) is 26.2 Å². The summed E-state index contributed by atoms with van der Waals surface area (Å²) in [5.74, 6) is -0.260. The van der Waals surface area contributed by atoms with Crippen molar-refractivity contribution in [1.29, 1.82) is 0 Å². The Balaban J connectivity index is 1.29. The molecule has 4 rings (SSSR count). The van der Waals surface area contributed by atoms with Gasteiger partial charge in [0.05, 0.1) is 4.90 Å². The van der Waals surface area contributed by atoms with E-state index in [1.54, 1.807) is 4.90 Å². The third-order valence-electron chi connectivity index (χ3n) is 6.44. The molecule has 36 heavy (non-hydrogen) atoms. The van der Waals surface area contributed by atoms with E-state index in [9.17, 15) is 31.2 Å². The van der Waals surface area contributed by atoms with Crippen LogP contribution in [0.25, 0.3) is 0 Å². The molecule has 2 saturated heterocycles. The minimum atomic E-state index is -4.75. The lowest BCUT2D eigenvalue weighted by Crippen LogP contribution is -2.55. The van der Waals surface area contributed by atoms with Crippen molar-refractivity contribution in [2.24, 2.45) is 17.0 Å². The van der Waals surface area contributed by atoms with Gasteiger partial charge in [-0.1, -0.05) is 12.1 Å². The fourth-order valence-electron chi connectivity index (χ4n) is 4.89. The largest absolute Gasteiger partial charge is 0.573 e. The van der Waals surface area contributed by atoms with Crippen LogP contribution in [0, 0.1) is 11.8 Å². The predicted molar refractivity (Wildman–Crippen MR) is 123 cm³/mol. The first kappa shape index (κ1) is 26.0. The monoisotopic (exact) mass is 525 g/mol. The Morgan fingerprint density at radius 3 is 2.00 bits per heavy atom. The van der Waals surface area contributed by atoms with Crippen LogP contribution in [0.5, 0.6) is 5.75 Å². The van der Waals surface area contributed by atoms with Crippen LogP contribution in [0.4, 0.5) is 13.2 Å². The molecule has 2 N–H and O–H groups in total. The van der Waals surface area contributed by atoms with Gasteiger partial charge in [-0.05, 0) is 66.6 Å². The molecule has 2 aliphatic rings. The normalized spacial score (nSPS) is 20.2. The molecule has 0 spiro atoms. The highest BCUT2D eigenvalue weighted by molar-refractivity contribution is 7.89. The molecule has 8 nitrogen and oxygen atoms in total. The molecule has 0 saturated carbocycles. The molecular formula is C24H26F3N3O5S. The molecule has 194 valence electrons. The molecule has 0 unspecified atom stereocenters. The van der Waals surface area contributed by atoms with Gasteiger partial charge in [-0.15, -0.1) is 13.2 Å². The Morgan fingerprint density at radius 2 is 1.47 bits per heavy atom. The molecule has 2 atom stereocenters. The highest BCUT2D eigenvalue weighted by Gasteiger charge is 2.37. The number of hydrogen-bond acceptors (Lipinski definition) is 5. The van der Waals surface area contributed by atoms with Gasteiger partial charge in [0.1, 0.15) is 5.75 Å². The van der Waals surface area contributed by atoms with Crippen LogP contribution < -0.4 is 9.88 Å². The van der Waals surface area contributed by atoms with E-state index in [2.05, 4.69) is 4.74 Å². The van der Waals surface area contributed by atoms with Crippen LogP contribution in [-0.2, 0) is 21.2 Å². The summed E-state index contributed by atoms with van der Waals surface area (Å²) < 4.78 is 63.6. The average molecular weight is 526 g/mol. The number of nitrogens with two attached hydrogens (primary N) is 1. The standard InChI is InChI=1S/C24H26F3N3O5S/c25-24(26,27)35-20-6-1-16(2-7-20)3-10-22(31)29-12-17-11-18(13-29)15-30(14-17)23(32)19-4-8-21(9-5-19)36(28,33)34/h1-2,4-9,17-18H,3,10-15H2,(H2,28,33,34)/t17-,18+. The minimum absolute atomic E-state index is 0.0290. The van der Waals surface area contributed by atoms with Crippen LogP contribution in [0.3, 0.4) is 0 Å². The maximum Gasteiger partial charge on any atom is 0.573 e. The van der Waals surface area contributed by atoms with Crippen molar-refractivity contribution in [3.05, 3.63) is 59.7 Å². The second-order valence-electron chi connectivity index (χ2n) is 9.24. The van der Waals surface area contributed by atoms with Crippen LogP contribution >= 0.6 is 0 Å². The van der Waals surface area contributed by atoms with E-state index in [0.29, 0.717) is 38.2 Å². The highest BCUT2D eigenvalue weighted by atomic mass is 32.2. The summed E-state index contributed by atoms with van der Waals surface area (Å²) in [6.07, 6.45) is -3.20. The zero-order valence-corrected chi connectivity index (χ0v) is 20.1. The van der Waals surface area contributed by atoms with Crippen molar-refractivity contribution in [3.8, 4) is 5.75 Å². The number of sulfonamides is 1. The highest BCUT2D eigenvalue weighted by Crippen LogP contribution is 2.30. The van der Waals surface area contributed by atoms with Gasteiger partial charge in [0.2, 0.25) is 15.9 Å². The average Bonchev–Trinajstić information content (AvgIpc) is 2.81. The smallest absolute Gasteiger partial charge is 0.406 e. The van der Waals surface area contributed by atoms with Crippen molar-refractivity contribution < 1.29 is 35.9 Å². The van der Waals surface area contributed by atoms with Gasteiger partial charge in [0.15, 0.2) is 0 Å². The van der Waals surface area contributed by atoms with Crippen molar-refractivity contribution in [2.45, 2.75) is 30.5 Å². The Labute approximate surface area is 206 Å². The lowest BCUT2D eigenvalue weighted by Gasteiger charge is -2.46. The number of hydrogen-bond donors (Lipinski definition) is 1. The summed E-state index contributed by atoms with van der Waals surface area (Å²) >= 11 is 0. The van der Waals surface area contributed by atoms with Gasteiger partial charge in [-0.2, -0.15) is 0 Å². The Hall–Kier alpha value is -3.12. The van der Waals surface area contributed by atoms with Crippen molar-refractivity contribution in [1.82, 2.24) is 9.80 Å². The third-order valence-corrected chi connectivity index (χ3v) is 7.36. The topological polar surface area (TPSA) is 110 Å². The summed E-state index contributed by atoms with van der Waals surface area (Å²) in [6.45, 7) is 2.05. The summed E-state index contributed by atoms with van der Waals surface area (Å²) in [4.78, 5) is 29.3. The number of fused-ring (bicyclic) bond motifs is 2. The molecule has 2 aromatic carbocycles. The van der Waals surface area contributed by atoms with Gasteiger partial charge < -0.3 is 14.5 Å². The summed E-state index contributed by atoms with van der Waals surface area (Å²) in [5.41, 5.74) is 1.11. The van der Waals surface area contributed by atoms with Crippen LogP contribution in [0.15, 0.2) is 53.4 Å². The van der Waals surface area contributed by atoms with Crippen molar-refractivity contribution >= 4 is 21.8 Å². The molecule has 2 aliphatic heterocycles. The number of likely N-dealkylation sites (tertiary alicyclic amines) is 2. The number of halogens is 3. The molecule has 0 aliphatic carbocycles. The number of ether oxygens (including phenoxy) is 1. The zero-order valence-electron chi connectivity index (χ0n) is 19.3. The van der Waals surface area contributed by atoms with E-state index >= 15 is 0 Å². The predicted octanol–water partition coefficient (Wildman–Crippen LogP) is 2.79. The first-order chi connectivity index (χ1) is 16.9. The number of rotatable bonds is 6. The Kier molecular flexibility index (Phi) is 7.28. The van der Waals surface area contributed by atoms with Gasteiger partial charge in [0.25, 0.3) is 5.91 Å². The van der Waals surface area contributed by atoms with Crippen LogP contribution in [0.2, 0.25) is 0 Å². The summed E-state index contributed by atoms with van der Waals surface area (Å²) in [7, 11) is -3.84. The van der Waals surface area contributed by atoms with Crippen molar-refractivity contribution in [3.63, 3.8) is 0 Å². The quantitative estimate of drug-likeness (QED) is 0.624. The van der Waals surface area contributed by atoms with Gasteiger partial charge in [-0.3, -0.25) is 9.59 Å². The maximum atomic E-state index is 13.0. The fourth-order valence-corrected chi connectivity index (χ4v) is 5.40. The number of piperidine rings is 2. The molecule has 2 bridgehead atoms. The number of carbonyl (C=O) groups is 2. The van der Waals surface area contributed by atoms with E-state index < -0.39 is 16.4 Å². The Morgan fingerprint density at radius 1 is 0.917 bits per heavy atom. The van der Waals surface area contributed by atoms with E-state index in [4.69, 9.17) is 5.14 Å². The number of benzene rings is 2. The van der Waals surface area contributed by atoms with Gasteiger partial charge in [0, 0.05) is 38.2 Å². The number of carbonyl (C=O) groups excluding carboxylic acids is 2. The van der Waals surface area contributed by atoms with Crippen LogP contribution in [-0.4, -0.2) is 62.6 Å². The molecule has 2 amide bonds. The first-order valence-electron chi connectivity index (χ1n) is 11.4. The molecule has 0 aromatic heterocycles. The third kappa shape index (κ3) is 6.55. The number of nitrogens with zero attached hydrogens (tertiary/aromatic N) is 2. The summed E-state index contributed by atoms with van der Waals surface area (Å²) in [6, 6.07) is 11.0. The number of alkyl halides is 3. The second kappa shape index (κ2) is 10.1. The van der Waals surface area contributed by atoms with E-state index in [-0.39, 0.29) is 40.7 Å². The van der Waals surface area contributed by atoms with E-state index in [0.717, 1.165) is 12.0 Å². The maximum absolute atomic E-state index is 13.0. The SMILES string of the molecule is NS(=O)(=O)c1ccc(C(=O)N2C[C@@H]3C[C@@H](CN(C(=O)CCc4ccc(OC(F)(F)F)cc4)C3)C2)cc1. The summed E-state index contributed by atoms with van der Waals surface area (Å²) in [5, 5.41) is 5.11. The van der Waals surface area contributed by atoms with Gasteiger partial charge >= 0.3 is 6.36 Å². The molecular weight excluding hydrogens is 499 g/mol. The lowest BCUT2D eigenvalue weighted by molar-refractivity contribution is -0.274. The minimum Gasteiger partial charge on any atom is -0.406 e. The number of aryl methyl sites for hydroxylation is 1.